The van der Waals surface area contributed by atoms with Crippen molar-refractivity contribution in [3.8, 4) is 11.5 Å². The number of carbonyl (C=O) groups excluding carboxylic acids is 1. The first-order valence-corrected chi connectivity index (χ1v) is 8.83. The number of hydrogen-bond donors (Lipinski definition) is 2. The maximum Gasteiger partial charge on any atom is 0.335 e. The maximum atomic E-state index is 12.0. The van der Waals surface area contributed by atoms with Crippen LogP contribution in [0, 0.1) is 0 Å². The molecule has 2 rings (SSSR count). The van der Waals surface area contributed by atoms with E-state index in [-0.39, 0.29) is 11.5 Å². The van der Waals surface area contributed by atoms with E-state index in [1.54, 1.807) is 13.2 Å². The molecular weight excluding hydrogens is 346 g/mol. The van der Waals surface area contributed by atoms with Crippen LogP contribution in [0.15, 0.2) is 42.5 Å². The number of benzene rings is 2. The van der Waals surface area contributed by atoms with E-state index in [0.29, 0.717) is 25.1 Å². The van der Waals surface area contributed by atoms with Crippen LogP contribution in [0.1, 0.15) is 34.3 Å². The lowest BCUT2D eigenvalue weighted by molar-refractivity contribution is -0.121. The van der Waals surface area contributed by atoms with Gasteiger partial charge in [0, 0.05) is 13.0 Å². The van der Waals surface area contributed by atoms with Crippen molar-refractivity contribution in [1.82, 2.24) is 5.32 Å². The van der Waals surface area contributed by atoms with Gasteiger partial charge in [-0.3, -0.25) is 4.79 Å². The molecule has 0 unspecified atom stereocenters. The Balaban J connectivity index is 1.73. The molecule has 0 aromatic heterocycles. The van der Waals surface area contributed by atoms with Gasteiger partial charge in [-0.15, -0.1) is 0 Å². The molecule has 0 bridgehead atoms. The van der Waals surface area contributed by atoms with Crippen molar-refractivity contribution in [3.05, 3.63) is 59.2 Å². The van der Waals surface area contributed by atoms with Gasteiger partial charge in [0.25, 0.3) is 0 Å². The van der Waals surface area contributed by atoms with Crippen molar-refractivity contribution in [1.29, 1.82) is 0 Å². The van der Waals surface area contributed by atoms with Gasteiger partial charge < -0.3 is 19.9 Å². The fourth-order valence-corrected chi connectivity index (χ4v) is 2.75. The molecule has 1 amide bonds. The van der Waals surface area contributed by atoms with E-state index in [9.17, 15) is 9.59 Å². The highest BCUT2D eigenvalue weighted by molar-refractivity contribution is 5.88. The van der Waals surface area contributed by atoms with Crippen molar-refractivity contribution >= 4 is 11.9 Å². The van der Waals surface area contributed by atoms with Crippen LogP contribution in [-0.2, 0) is 17.6 Å². The zero-order chi connectivity index (χ0) is 19.6. The lowest BCUT2D eigenvalue weighted by atomic mass is 10.1. The zero-order valence-corrected chi connectivity index (χ0v) is 15.7. The Morgan fingerprint density at radius 3 is 2.37 bits per heavy atom. The number of amides is 1. The van der Waals surface area contributed by atoms with Gasteiger partial charge in [0.05, 0.1) is 19.8 Å². The minimum Gasteiger partial charge on any atom is -0.497 e. The Labute approximate surface area is 159 Å². The SMILES string of the molecule is COc1ccc(CCCC(=O)NCCc2ccc(C(=O)O)cc2OC)cc1. The minimum absolute atomic E-state index is 0.00429. The molecule has 6 heteroatoms. The monoisotopic (exact) mass is 371 g/mol. The van der Waals surface area contributed by atoms with Crippen LogP contribution in [0.25, 0.3) is 0 Å². The minimum atomic E-state index is -0.995. The highest BCUT2D eigenvalue weighted by atomic mass is 16.5. The van der Waals surface area contributed by atoms with Crippen LogP contribution < -0.4 is 14.8 Å². The molecule has 0 atom stereocenters. The molecule has 0 saturated heterocycles. The predicted molar refractivity (Wildman–Crippen MR) is 103 cm³/mol. The summed E-state index contributed by atoms with van der Waals surface area (Å²) in [6, 6.07) is 12.6. The van der Waals surface area contributed by atoms with Gasteiger partial charge in [-0.2, -0.15) is 0 Å². The molecular formula is C21H25NO5. The van der Waals surface area contributed by atoms with Gasteiger partial charge in [0.1, 0.15) is 11.5 Å². The van der Waals surface area contributed by atoms with E-state index in [2.05, 4.69) is 5.32 Å². The van der Waals surface area contributed by atoms with Gasteiger partial charge in [0.15, 0.2) is 0 Å². The summed E-state index contributed by atoms with van der Waals surface area (Å²) in [5, 5.41) is 11.9. The fraction of sp³-hybridized carbons (Fsp3) is 0.333. The molecule has 0 aliphatic carbocycles. The van der Waals surface area contributed by atoms with Crippen molar-refractivity contribution in [2.45, 2.75) is 25.7 Å². The van der Waals surface area contributed by atoms with E-state index in [1.807, 2.05) is 24.3 Å². The first kappa shape index (κ1) is 20.3. The quantitative estimate of drug-likeness (QED) is 0.670. The zero-order valence-electron chi connectivity index (χ0n) is 15.7. The van der Waals surface area contributed by atoms with Crippen LogP contribution in [0.4, 0.5) is 0 Å². The normalized spacial score (nSPS) is 10.3. The molecule has 2 N–H and O–H groups in total. The summed E-state index contributed by atoms with van der Waals surface area (Å²) in [6.07, 6.45) is 2.64. The summed E-state index contributed by atoms with van der Waals surface area (Å²) >= 11 is 0. The number of hydrogen-bond acceptors (Lipinski definition) is 4. The molecule has 2 aromatic rings. The van der Waals surface area contributed by atoms with E-state index in [4.69, 9.17) is 14.6 Å². The first-order valence-electron chi connectivity index (χ1n) is 8.83. The summed E-state index contributed by atoms with van der Waals surface area (Å²) < 4.78 is 10.4. The van der Waals surface area contributed by atoms with Crippen LogP contribution in [-0.4, -0.2) is 37.7 Å². The molecule has 0 saturated carbocycles. The second-order valence-electron chi connectivity index (χ2n) is 6.13. The molecule has 0 spiro atoms. The third-order valence-electron chi connectivity index (χ3n) is 4.28. The van der Waals surface area contributed by atoms with Crippen molar-refractivity contribution < 1.29 is 24.2 Å². The van der Waals surface area contributed by atoms with Gasteiger partial charge in [-0.1, -0.05) is 18.2 Å². The molecule has 144 valence electrons. The third-order valence-corrected chi connectivity index (χ3v) is 4.28. The number of carbonyl (C=O) groups is 2. The average Bonchev–Trinajstić information content (AvgIpc) is 2.68. The molecule has 0 heterocycles. The van der Waals surface area contributed by atoms with Crippen molar-refractivity contribution in [3.63, 3.8) is 0 Å². The second kappa shape index (κ2) is 10.2. The predicted octanol–water partition coefficient (Wildman–Crippen LogP) is 3.08. The Hall–Kier alpha value is -3.02. The Morgan fingerprint density at radius 1 is 1.00 bits per heavy atom. The lowest BCUT2D eigenvalue weighted by Crippen LogP contribution is -2.25. The van der Waals surface area contributed by atoms with Crippen LogP contribution in [0.2, 0.25) is 0 Å². The number of rotatable bonds is 10. The standard InChI is InChI=1S/C21H25NO5/c1-26-18-10-6-15(7-11-18)4-3-5-20(23)22-13-12-16-8-9-17(21(24)25)14-19(16)27-2/h6-11,14H,3-5,12-13H2,1-2H3,(H,22,23)(H,24,25). The number of carboxylic acid groups (broad SMARTS) is 1. The highest BCUT2D eigenvalue weighted by Gasteiger charge is 2.09. The first-order chi connectivity index (χ1) is 13.0. The molecule has 0 radical (unpaired) electrons. The molecule has 6 nitrogen and oxygen atoms in total. The Bertz CT molecular complexity index is 771. The number of aryl methyl sites for hydroxylation is 1. The number of aromatic carboxylic acids is 1. The molecule has 0 aliphatic rings. The van der Waals surface area contributed by atoms with E-state index in [0.717, 1.165) is 24.2 Å². The Morgan fingerprint density at radius 2 is 1.74 bits per heavy atom. The van der Waals surface area contributed by atoms with Gasteiger partial charge in [-0.25, -0.2) is 4.79 Å². The number of nitrogens with one attached hydrogen (secondary N) is 1. The van der Waals surface area contributed by atoms with Crippen LogP contribution in [0.3, 0.4) is 0 Å². The smallest absolute Gasteiger partial charge is 0.335 e. The second-order valence-corrected chi connectivity index (χ2v) is 6.13. The van der Waals surface area contributed by atoms with Gasteiger partial charge in [0.2, 0.25) is 5.91 Å². The lowest BCUT2D eigenvalue weighted by Gasteiger charge is -2.10. The maximum absolute atomic E-state index is 12.0. The van der Waals surface area contributed by atoms with Gasteiger partial charge >= 0.3 is 5.97 Å². The largest absolute Gasteiger partial charge is 0.497 e. The summed E-state index contributed by atoms with van der Waals surface area (Å²) in [6.45, 7) is 0.476. The molecule has 2 aromatic carbocycles. The molecule has 0 aliphatic heterocycles. The van der Waals surface area contributed by atoms with Gasteiger partial charge in [-0.05, 0) is 54.7 Å². The summed E-state index contributed by atoms with van der Waals surface area (Å²) in [5.74, 6) is 0.349. The Kier molecular flexibility index (Phi) is 7.67. The van der Waals surface area contributed by atoms with E-state index >= 15 is 0 Å². The topological polar surface area (TPSA) is 84.9 Å². The van der Waals surface area contributed by atoms with Crippen molar-refractivity contribution in [2.24, 2.45) is 0 Å². The molecule has 27 heavy (non-hydrogen) atoms. The highest BCUT2D eigenvalue weighted by Crippen LogP contribution is 2.20. The number of carboxylic acids is 1. The summed E-state index contributed by atoms with van der Waals surface area (Å²) in [5.41, 5.74) is 2.21. The van der Waals surface area contributed by atoms with Crippen LogP contribution >= 0.6 is 0 Å². The van der Waals surface area contributed by atoms with Crippen LogP contribution in [0.5, 0.6) is 11.5 Å². The fourth-order valence-electron chi connectivity index (χ4n) is 2.75. The van der Waals surface area contributed by atoms with E-state index < -0.39 is 5.97 Å². The number of ether oxygens (including phenoxy) is 2. The third kappa shape index (κ3) is 6.33. The molecule has 0 fully saturated rings. The van der Waals surface area contributed by atoms with E-state index in [1.165, 1.54) is 24.8 Å². The summed E-state index contributed by atoms with van der Waals surface area (Å²) in [4.78, 5) is 23.0. The summed E-state index contributed by atoms with van der Waals surface area (Å²) in [7, 11) is 3.14. The number of methoxy groups -OCH3 is 2. The average molecular weight is 371 g/mol. The van der Waals surface area contributed by atoms with Crippen molar-refractivity contribution in [2.75, 3.05) is 20.8 Å².